The minimum atomic E-state index is -0.991. The standard InChI is InChI=1S/C15H19N3O3/c1-11(8-9-16)18(2)15(21)17-10-13(14(19)20)12-6-4-3-5-7-12/h3-7,11,13H,8,10H2,1-2H3,(H,17,21)(H,19,20). The number of hydrogen-bond donors (Lipinski definition) is 2. The molecule has 2 amide bonds. The molecule has 2 atom stereocenters. The Labute approximate surface area is 124 Å². The fourth-order valence-electron chi connectivity index (χ4n) is 1.82. The molecule has 0 aliphatic carbocycles. The van der Waals surface area contributed by atoms with Crippen LogP contribution in [0, 0.1) is 11.3 Å². The smallest absolute Gasteiger partial charge is 0.317 e. The van der Waals surface area contributed by atoms with E-state index in [1.165, 1.54) is 4.90 Å². The Morgan fingerprint density at radius 2 is 2.00 bits per heavy atom. The van der Waals surface area contributed by atoms with Gasteiger partial charge in [-0.2, -0.15) is 5.26 Å². The van der Waals surface area contributed by atoms with Crippen LogP contribution in [0.5, 0.6) is 0 Å². The highest BCUT2D eigenvalue weighted by Gasteiger charge is 2.22. The molecule has 1 aromatic rings. The van der Waals surface area contributed by atoms with E-state index in [2.05, 4.69) is 5.32 Å². The minimum absolute atomic E-state index is 0.00178. The number of carbonyl (C=O) groups excluding carboxylic acids is 1. The second kappa shape index (κ2) is 7.90. The van der Waals surface area contributed by atoms with Gasteiger partial charge in [0.2, 0.25) is 0 Å². The second-order valence-electron chi connectivity index (χ2n) is 4.81. The van der Waals surface area contributed by atoms with Crippen LogP contribution in [0.15, 0.2) is 30.3 Å². The summed E-state index contributed by atoms with van der Waals surface area (Å²) in [7, 11) is 1.58. The lowest BCUT2D eigenvalue weighted by atomic mass is 9.99. The van der Waals surface area contributed by atoms with E-state index >= 15 is 0 Å². The van der Waals surface area contributed by atoms with Crippen molar-refractivity contribution in [3.8, 4) is 6.07 Å². The van der Waals surface area contributed by atoms with Crippen LogP contribution in [0.2, 0.25) is 0 Å². The summed E-state index contributed by atoms with van der Waals surface area (Å²) in [4.78, 5) is 24.6. The van der Waals surface area contributed by atoms with Crippen molar-refractivity contribution < 1.29 is 14.7 Å². The first-order chi connectivity index (χ1) is 9.97. The molecule has 0 heterocycles. The SMILES string of the molecule is CC(CC#N)N(C)C(=O)NCC(C(=O)O)c1ccccc1. The topological polar surface area (TPSA) is 93.4 Å². The molecular weight excluding hydrogens is 270 g/mol. The molecule has 1 aromatic carbocycles. The number of carboxylic acid groups (broad SMARTS) is 1. The van der Waals surface area contributed by atoms with Crippen LogP contribution in [0.3, 0.4) is 0 Å². The Balaban J connectivity index is 2.65. The first-order valence-corrected chi connectivity index (χ1v) is 6.62. The molecule has 2 N–H and O–H groups in total. The van der Waals surface area contributed by atoms with Crippen LogP contribution >= 0.6 is 0 Å². The van der Waals surface area contributed by atoms with Crippen molar-refractivity contribution in [3.05, 3.63) is 35.9 Å². The summed E-state index contributed by atoms with van der Waals surface area (Å²) in [6.45, 7) is 1.76. The highest BCUT2D eigenvalue weighted by Crippen LogP contribution is 2.15. The molecule has 0 spiro atoms. The number of nitrogens with zero attached hydrogens (tertiary/aromatic N) is 2. The lowest BCUT2D eigenvalue weighted by molar-refractivity contribution is -0.138. The molecular formula is C15H19N3O3. The Hall–Kier alpha value is -2.55. The van der Waals surface area contributed by atoms with E-state index in [0.717, 1.165) is 0 Å². The summed E-state index contributed by atoms with van der Waals surface area (Å²) in [5.41, 5.74) is 0.637. The van der Waals surface area contributed by atoms with Crippen molar-refractivity contribution in [2.75, 3.05) is 13.6 Å². The number of hydrogen-bond acceptors (Lipinski definition) is 3. The minimum Gasteiger partial charge on any atom is -0.481 e. The third-order valence-electron chi connectivity index (χ3n) is 3.33. The van der Waals surface area contributed by atoms with Gasteiger partial charge in [0.15, 0.2) is 0 Å². The molecule has 6 nitrogen and oxygen atoms in total. The average Bonchev–Trinajstić information content (AvgIpc) is 2.47. The van der Waals surface area contributed by atoms with Crippen LogP contribution in [-0.4, -0.2) is 41.6 Å². The Morgan fingerprint density at radius 1 is 1.38 bits per heavy atom. The maximum Gasteiger partial charge on any atom is 0.317 e. The maximum absolute atomic E-state index is 11.9. The lowest BCUT2D eigenvalue weighted by Crippen LogP contribution is -2.44. The number of carboxylic acids is 1. The van der Waals surface area contributed by atoms with Gasteiger partial charge < -0.3 is 15.3 Å². The zero-order valence-electron chi connectivity index (χ0n) is 12.1. The van der Waals surface area contributed by atoms with Crippen LogP contribution in [0.25, 0.3) is 0 Å². The molecule has 0 saturated heterocycles. The molecule has 0 fully saturated rings. The molecule has 21 heavy (non-hydrogen) atoms. The van der Waals surface area contributed by atoms with Crippen LogP contribution in [0.4, 0.5) is 4.79 Å². The van der Waals surface area contributed by atoms with Crippen LogP contribution in [-0.2, 0) is 4.79 Å². The summed E-state index contributed by atoms with van der Waals surface area (Å²) in [5.74, 6) is -1.79. The number of amides is 2. The molecule has 0 aliphatic rings. The van der Waals surface area contributed by atoms with Gasteiger partial charge in [-0.25, -0.2) is 4.79 Å². The number of benzene rings is 1. The molecule has 6 heteroatoms. The third-order valence-corrected chi connectivity index (χ3v) is 3.33. The van der Waals surface area contributed by atoms with Gasteiger partial charge in [-0.15, -0.1) is 0 Å². The van der Waals surface area contributed by atoms with Crippen LogP contribution < -0.4 is 5.32 Å². The van der Waals surface area contributed by atoms with Crippen molar-refractivity contribution in [1.29, 1.82) is 5.26 Å². The third kappa shape index (κ3) is 4.80. The molecule has 0 saturated carbocycles. The van der Waals surface area contributed by atoms with E-state index in [0.29, 0.717) is 5.56 Å². The summed E-state index contributed by atoms with van der Waals surface area (Å²) >= 11 is 0. The van der Waals surface area contributed by atoms with Gasteiger partial charge >= 0.3 is 12.0 Å². The van der Waals surface area contributed by atoms with Gasteiger partial charge in [0.1, 0.15) is 0 Å². The Morgan fingerprint density at radius 3 is 2.52 bits per heavy atom. The monoisotopic (exact) mass is 289 g/mol. The highest BCUT2D eigenvalue weighted by molar-refractivity contribution is 5.79. The Kier molecular flexibility index (Phi) is 6.21. The van der Waals surface area contributed by atoms with E-state index in [4.69, 9.17) is 5.26 Å². The van der Waals surface area contributed by atoms with E-state index in [-0.39, 0.29) is 25.0 Å². The summed E-state index contributed by atoms with van der Waals surface area (Å²) in [5, 5.41) is 20.5. The number of aliphatic carboxylic acids is 1. The number of nitriles is 1. The summed E-state index contributed by atoms with van der Waals surface area (Å²) < 4.78 is 0. The quantitative estimate of drug-likeness (QED) is 0.835. The van der Waals surface area contributed by atoms with E-state index < -0.39 is 11.9 Å². The molecule has 0 aliphatic heterocycles. The molecule has 0 aromatic heterocycles. The predicted octanol–water partition coefficient (Wildman–Crippen LogP) is 1.80. The van der Waals surface area contributed by atoms with Gasteiger partial charge in [-0.05, 0) is 12.5 Å². The molecule has 0 bridgehead atoms. The number of nitrogens with one attached hydrogen (secondary N) is 1. The number of carbonyl (C=O) groups is 2. The fourth-order valence-corrected chi connectivity index (χ4v) is 1.82. The van der Waals surface area contributed by atoms with Gasteiger partial charge in [0.25, 0.3) is 0 Å². The molecule has 2 unspecified atom stereocenters. The van der Waals surface area contributed by atoms with Gasteiger partial charge in [-0.3, -0.25) is 4.79 Å². The first-order valence-electron chi connectivity index (χ1n) is 6.62. The summed E-state index contributed by atoms with van der Waals surface area (Å²) in [6.07, 6.45) is 0.227. The normalized spacial score (nSPS) is 12.8. The van der Waals surface area contributed by atoms with E-state index in [1.54, 1.807) is 44.3 Å². The fraction of sp³-hybridized carbons (Fsp3) is 0.400. The lowest BCUT2D eigenvalue weighted by Gasteiger charge is -2.24. The van der Waals surface area contributed by atoms with Crippen molar-refractivity contribution in [3.63, 3.8) is 0 Å². The molecule has 1 rings (SSSR count). The van der Waals surface area contributed by atoms with Crippen molar-refractivity contribution in [1.82, 2.24) is 10.2 Å². The van der Waals surface area contributed by atoms with Crippen LogP contribution in [0.1, 0.15) is 24.8 Å². The zero-order chi connectivity index (χ0) is 15.8. The van der Waals surface area contributed by atoms with Crippen molar-refractivity contribution in [2.45, 2.75) is 25.3 Å². The number of urea groups is 1. The number of rotatable bonds is 6. The van der Waals surface area contributed by atoms with E-state index in [1.807, 2.05) is 6.07 Å². The Bertz CT molecular complexity index is 525. The maximum atomic E-state index is 11.9. The van der Waals surface area contributed by atoms with Gasteiger partial charge in [0.05, 0.1) is 18.4 Å². The average molecular weight is 289 g/mol. The predicted molar refractivity (Wildman–Crippen MR) is 77.7 cm³/mol. The van der Waals surface area contributed by atoms with E-state index in [9.17, 15) is 14.7 Å². The molecule has 112 valence electrons. The largest absolute Gasteiger partial charge is 0.481 e. The van der Waals surface area contributed by atoms with Crippen molar-refractivity contribution in [2.24, 2.45) is 0 Å². The zero-order valence-corrected chi connectivity index (χ0v) is 12.1. The molecule has 0 radical (unpaired) electrons. The van der Waals surface area contributed by atoms with Gasteiger partial charge in [0, 0.05) is 19.6 Å². The highest BCUT2D eigenvalue weighted by atomic mass is 16.4. The second-order valence-corrected chi connectivity index (χ2v) is 4.81. The summed E-state index contributed by atoms with van der Waals surface area (Å²) in [6, 6.07) is 10.1. The first kappa shape index (κ1) is 16.5. The van der Waals surface area contributed by atoms with Crippen molar-refractivity contribution >= 4 is 12.0 Å². The van der Waals surface area contributed by atoms with Gasteiger partial charge in [-0.1, -0.05) is 30.3 Å².